The lowest BCUT2D eigenvalue weighted by molar-refractivity contribution is 0.202. The van der Waals surface area contributed by atoms with Crippen molar-refractivity contribution in [2.75, 3.05) is 0 Å². The number of hydrogen-bond donors (Lipinski definition) is 0. The number of hydrogen-bond acceptors (Lipinski definition) is 0. The van der Waals surface area contributed by atoms with Crippen molar-refractivity contribution in [2.45, 2.75) is 85.5 Å². The Kier molecular flexibility index (Phi) is 7.23. The monoisotopic (exact) mass is 238 g/mol. The second kappa shape index (κ2) is 8.16. The Balaban J connectivity index is 2.43. The quantitative estimate of drug-likeness (QED) is 0.506. The first-order valence-electron chi connectivity index (χ1n) is 8.17. The van der Waals surface area contributed by atoms with Crippen LogP contribution in [0.15, 0.2) is 0 Å². The van der Waals surface area contributed by atoms with Crippen LogP contribution in [0.3, 0.4) is 0 Å². The van der Waals surface area contributed by atoms with Crippen LogP contribution in [0.4, 0.5) is 0 Å². The van der Waals surface area contributed by atoms with E-state index in [1.54, 1.807) is 0 Å². The zero-order valence-electron chi connectivity index (χ0n) is 12.7. The smallest absolute Gasteiger partial charge is 0.0383 e. The molecule has 0 aromatic rings. The Morgan fingerprint density at radius 3 is 2.12 bits per heavy atom. The van der Waals surface area contributed by atoms with E-state index < -0.39 is 0 Å². The van der Waals surface area contributed by atoms with Gasteiger partial charge in [0, 0.05) is 0 Å². The summed E-state index contributed by atoms with van der Waals surface area (Å²) in [6.45, 7) is 9.64. The molecule has 0 heterocycles. The molecule has 1 aliphatic rings. The molecule has 3 unspecified atom stereocenters. The molecule has 0 amide bonds. The maximum atomic E-state index is 2.48. The molecule has 1 saturated carbocycles. The first-order valence-corrected chi connectivity index (χ1v) is 8.17. The Morgan fingerprint density at radius 1 is 0.941 bits per heavy atom. The van der Waals surface area contributed by atoms with Gasteiger partial charge in [0.2, 0.25) is 0 Å². The molecule has 0 nitrogen and oxygen atoms in total. The zero-order chi connectivity index (χ0) is 12.7. The van der Waals surface area contributed by atoms with E-state index in [0.29, 0.717) is 0 Å². The van der Waals surface area contributed by atoms with Crippen LogP contribution in [-0.2, 0) is 0 Å². The summed E-state index contributed by atoms with van der Waals surface area (Å²) in [5.41, 5.74) is 0. The minimum Gasteiger partial charge on any atom is -0.0651 e. The highest BCUT2D eigenvalue weighted by Gasteiger charge is 2.23. The largest absolute Gasteiger partial charge is 0.0651 e. The lowest BCUT2D eigenvalue weighted by Gasteiger charge is -2.31. The predicted octanol–water partition coefficient (Wildman–Crippen LogP) is 6.06. The summed E-state index contributed by atoms with van der Waals surface area (Å²) in [4.78, 5) is 0. The van der Waals surface area contributed by atoms with Gasteiger partial charge in [0.15, 0.2) is 0 Å². The van der Waals surface area contributed by atoms with E-state index in [1.165, 1.54) is 57.8 Å². The first kappa shape index (κ1) is 15.1. The molecule has 17 heavy (non-hydrogen) atoms. The van der Waals surface area contributed by atoms with Gasteiger partial charge in [-0.2, -0.15) is 0 Å². The van der Waals surface area contributed by atoms with Gasteiger partial charge in [-0.3, -0.25) is 0 Å². The van der Waals surface area contributed by atoms with E-state index in [0.717, 1.165) is 23.7 Å². The van der Waals surface area contributed by atoms with Gasteiger partial charge in [0.05, 0.1) is 0 Å². The van der Waals surface area contributed by atoms with E-state index in [-0.39, 0.29) is 0 Å². The standard InChI is InChI=1S/C17H34/c1-5-14(3)12-17(15(4)6-2)13-16-10-8-7-9-11-16/h14-17H,5-13H2,1-4H3. The fourth-order valence-electron chi connectivity index (χ4n) is 3.43. The Labute approximate surface area is 110 Å². The van der Waals surface area contributed by atoms with Crippen molar-refractivity contribution in [3.8, 4) is 0 Å². The van der Waals surface area contributed by atoms with Crippen molar-refractivity contribution in [1.82, 2.24) is 0 Å². The summed E-state index contributed by atoms with van der Waals surface area (Å²) in [5.74, 6) is 3.92. The minimum atomic E-state index is 0.928. The molecule has 0 aromatic heterocycles. The fraction of sp³-hybridized carbons (Fsp3) is 1.00. The summed E-state index contributed by atoms with van der Waals surface area (Å²) in [6.07, 6.45) is 13.3. The molecular weight excluding hydrogens is 204 g/mol. The first-order chi connectivity index (χ1) is 8.17. The van der Waals surface area contributed by atoms with Crippen LogP contribution in [0.5, 0.6) is 0 Å². The molecule has 0 spiro atoms. The van der Waals surface area contributed by atoms with Crippen LogP contribution in [-0.4, -0.2) is 0 Å². The molecule has 0 saturated heterocycles. The van der Waals surface area contributed by atoms with Crippen LogP contribution in [0.2, 0.25) is 0 Å². The minimum absolute atomic E-state index is 0.928. The molecular formula is C17H34. The van der Waals surface area contributed by atoms with Crippen LogP contribution < -0.4 is 0 Å². The molecule has 1 rings (SSSR count). The van der Waals surface area contributed by atoms with Gasteiger partial charge in [-0.05, 0) is 36.5 Å². The highest BCUT2D eigenvalue weighted by atomic mass is 14.3. The molecule has 0 bridgehead atoms. The van der Waals surface area contributed by atoms with Gasteiger partial charge in [-0.15, -0.1) is 0 Å². The maximum absolute atomic E-state index is 2.48. The van der Waals surface area contributed by atoms with Crippen molar-refractivity contribution in [1.29, 1.82) is 0 Å². The van der Waals surface area contributed by atoms with Crippen molar-refractivity contribution < 1.29 is 0 Å². The lowest BCUT2D eigenvalue weighted by atomic mass is 9.75. The average Bonchev–Trinajstić information content (AvgIpc) is 2.38. The van der Waals surface area contributed by atoms with E-state index in [2.05, 4.69) is 27.7 Å². The third-order valence-corrected chi connectivity index (χ3v) is 5.21. The van der Waals surface area contributed by atoms with Crippen LogP contribution in [0.1, 0.15) is 85.5 Å². The van der Waals surface area contributed by atoms with Crippen molar-refractivity contribution in [3.63, 3.8) is 0 Å². The van der Waals surface area contributed by atoms with E-state index in [1.807, 2.05) is 0 Å². The van der Waals surface area contributed by atoms with Crippen LogP contribution >= 0.6 is 0 Å². The molecule has 102 valence electrons. The summed E-state index contributed by atoms with van der Waals surface area (Å²) < 4.78 is 0. The van der Waals surface area contributed by atoms with Gasteiger partial charge in [-0.1, -0.05) is 72.6 Å². The van der Waals surface area contributed by atoms with E-state index >= 15 is 0 Å². The third-order valence-electron chi connectivity index (χ3n) is 5.21. The second-order valence-electron chi connectivity index (χ2n) is 6.63. The van der Waals surface area contributed by atoms with Crippen molar-refractivity contribution in [3.05, 3.63) is 0 Å². The summed E-state index contributed by atoms with van der Waals surface area (Å²) in [7, 11) is 0. The molecule has 0 heteroatoms. The fourth-order valence-corrected chi connectivity index (χ4v) is 3.43. The maximum Gasteiger partial charge on any atom is -0.0383 e. The highest BCUT2D eigenvalue weighted by molar-refractivity contribution is 4.75. The van der Waals surface area contributed by atoms with Crippen molar-refractivity contribution >= 4 is 0 Å². The van der Waals surface area contributed by atoms with E-state index in [9.17, 15) is 0 Å². The zero-order valence-corrected chi connectivity index (χ0v) is 12.7. The summed E-state index contributed by atoms with van der Waals surface area (Å²) >= 11 is 0. The van der Waals surface area contributed by atoms with Gasteiger partial charge in [0.1, 0.15) is 0 Å². The molecule has 0 aliphatic heterocycles. The SMILES string of the molecule is CCC(C)CC(CC1CCCCC1)C(C)CC. The number of rotatable bonds is 7. The summed E-state index contributed by atoms with van der Waals surface area (Å²) in [6, 6.07) is 0. The van der Waals surface area contributed by atoms with E-state index in [4.69, 9.17) is 0 Å². The molecule has 0 radical (unpaired) electrons. The normalized spacial score (nSPS) is 23.3. The molecule has 0 N–H and O–H groups in total. The Hall–Kier alpha value is 0. The Bertz CT molecular complexity index is 178. The van der Waals surface area contributed by atoms with Gasteiger partial charge in [0.25, 0.3) is 0 Å². The van der Waals surface area contributed by atoms with Gasteiger partial charge in [-0.25, -0.2) is 0 Å². The lowest BCUT2D eigenvalue weighted by Crippen LogP contribution is -2.20. The molecule has 0 aromatic carbocycles. The second-order valence-corrected chi connectivity index (χ2v) is 6.63. The predicted molar refractivity (Wildman–Crippen MR) is 78.2 cm³/mol. The van der Waals surface area contributed by atoms with Crippen LogP contribution in [0, 0.1) is 23.7 Å². The molecule has 3 atom stereocenters. The van der Waals surface area contributed by atoms with Gasteiger partial charge >= 0.3 is 0 Å². The van der Waals surface area contributed by atoms with Gasteiger partial charge < -0.3 is 0 Å². The average molecular weight is 238 g/mol. The van der Waals surface area contributed by atoms with Crippen molar-refractivity contribution in [2.24, 2.45) is 23.7 Å². The molecule has 1 aliphatic carbocycles. The Morgan fingerprint density at radius 2 is 1.59 bits per heavy atom. The molecule has 1 fully saturated rings. The highest BCUT2D eigenvalue weighted by Crippen LogP contribution is 2.35. The van der Waals surface area contributed by atoms with Crippen LogP contribution in [0.25, 0.3) is 0 Å². The third kappa shape index (κ3) is 5.44. The topological polar surface area (TPSA) is 0 Å². The summed E-state index contributed by atoms with van der Waals surface area (Å²) in [5, 5.41) is 0.